The Morgan fingerprint density at radius 1 is 1.00 bits per heavy atom. The van der Waals surface area contributed by atoms with Gasteiger partial charge in [0.05, 0.1) is 6.20 Å². The average molecular weight is 328 g/mol. The largest absolute Gasteiger partial charge is 0.347 e. The van der Waals surface area contributed by atoms with Gasteiger partial charge in [0.1, 0.15) is 5.82 Å². The minimum atomic E-state index is -0.303. The predicted octanol–water partition coefficient (Wildman–Crippen LogP) is 3.24. The highest BCUT2D eigenvalue weighted by molar-refractivity contribution is 6.04. The van der Waals surface area contributed by atoms with E-state index < -0.39 is 0 Å². The van der Waals surface area contributed by atoms with E-state index in [1.165, 1.54) is 0 Å². The summed E-state index contributed by atoms with van der Waals surface area (Å²) >= 11 is 0. The molecule has 6 heteroatoms. The first kappa shape index (κ1) is 17.7. The molecular formula is C18H24N4O2. The Bertz CT molecular complexity index is 724. The van der Waals surface area contributed by atoms with Crippen molar-refractivity contribution < 1.29 is 9.59 Å². The van der Waals surface area contributed by atoms with Crippen molar-refractivity contribution in [3.05, 3.63) is 47.7 Å². The van der Waals surface area contributed by atoms with Gasteiger partial charge < -0.3 is 10.6 Å². The van der Waals surface area contributed by atoms with Crippen molar-refractivity contribution in [2.45, 2.75) is 46.2 Å². The van der Waals surface area contributed by atoms with Gasteiger partial charge in [-0.1, -0.05) is 0 Å². The molecule has 1 heterocycles. The Morgan fingerprint density at radius 3 is 2.04 bits per heavy atom. The number of rotatable bonds is 4. The average Bonchev–Trinajstić information content (AvgIpc) is 2.94. The molecule has 128 valence electrons. The number of aromatic nitrogens is 2. The van der Waals surface area contributed by atoms with E-state index >= 15 is 0 Å². The van der Waals surface area contributed by atoms with Crippen LogP contribution in [0.5, 0.6) is 0 Å². The molecule has 24 heavy (non-hydrogen) atoms. The zero-order chi connectivity index (χ0) is 17.9. The molecule has 6 nitrogen and oxygen atoms in total. The molecule has 0 saturated carbocycles. The van der Waals surface area contributed by atoms with Crippen molar-refractivity contribution in [2.75, 3.05) is 5.32 Å². The van der Waals surface area contributed by atoms with E-state index in [0.29, 0.717) is 16.9 Å². The molecule has 2 rings (SSSR count). The third kappa shape index (κ3) is 4.44. The van der Waals surface area contributed by atoms with E-state index in [0.717, 1.165) is 0 Å². The summed E-state index contributed by atoms with van der Waals surface area (Å²) in [4.78, 5) is 24.4. The molecular weight excluding hydrogens is 304 g/mol. The standard InChI is InChI=1S/C18H24N4O2/c1-12(2)22-15(10-11-19-22)20-16(23)13-6-8-14(9-7-13)17(24)21-18(3,4)5/h6-12H,1-5H3,(H,20,23)(H,21,24). The summed E-state index contributed by atoms with van der Waals surface area (Å²) in [5.74, 6) is 0.247. The number of nitrogens with zero attached hydrogens (tertiary/aromatic N) is 2. The number of carbonyl (C=O) groups excluding carboxylic acids is 2. The maximum Gasteiger partial charge on any atom is 0.256 e. The van der Waals surface area contributed by atoms with E-state index in [-0.39, 0.29) is 23.4 Å². The van der Waals surface area contributed by atoms with Crippen molar-refractivity contribution >= 4 is 17.6 Å². The van der Waals surface area contributed by atoms with E-state index in [1.54, 1.807) is 41.2 Å². The lowest BCUT2D eigenvalue weighted by molar-refractivity contribution is 0.0918. The van der Waals surface area contributed by atoms with Crippen molar-refractivity contribution in [1.82, 2.24) is 15.1 Å². The van der Waals surface area contributed by atoms with Crippen molar-refractivity contribution in [3.8, 4) is 0 Å². The van der Waals surface area contributed by atoms with Crippen LogP contribution in [0.2, 0.25) is 0 Å². The summed E-state index contributed by atoms with van der Waals surface area (Å²) in [5.41, 5.74) is 0.704. The lowest BCUT2D eigenvalue weighted by Gasteiger charge is -2.20. The van der Waals surface area contributed by atoms with Crippen LogP contribution in [0, 0.1) is 0 Å². The molecule has 2 amide bonds. The maximum atomic E-state index is 12.3. The summed E-state index contributed by atoms with van der Waals surface area (Å²) in [5, 5.41) is 9.91. The SMILES string of the molecule is CC(C)n1nccc1NC(=O)c1ccc(C(=O)NC(C)(C)C)cc1. The van der Waals surface area contributed by atoms with Gasteiger partial charge in [-0.25, -0.2) is 4.68 Å². The molecule has 0 bridgehead atoms. The molecule has 0 radical (unpaired) electrons. The fourth-order valence-electron chi connectivity index (χ4n) is 2.20. The van der Waals surface area contributed by atoms with Crippen LogP contribution >= 0.6 is 0 Å². The molecule has 1 aromatic heterocycles. The molecule has 1 aromatic carbocycles. The maximum absolute atomic E-state index is 12.3. The molecule has 0 aliphatic heterocycles. The Labute approximate surface area is 142 Å². The van der Waals surface area contributed by atoms with Crippen LogP contribution in [0.3, 0.4) is 0 Å². The van der Waals surface area contributed by atoms with Gasteiger partial charge >= 0.3 is 0 Å². The number of hydrogen-bond donors (Lipinski definition) is 2. The lowest BCUT2D eigenvalue weighted by atomic mass is 10.1. The molecule has 0 atom stereocenters. The van der Waals surface area contributed by atoms with Crippen LogP contribution in [0.25, 0.3) is 0 Å². The van der Waals surface area contributed by atoms with Gasteiger partial charge in [0.25, 0.3) is 11.8 Å². The summed E-state index contributed by atoms with van der Waals surface area (Å²) in [6.45, 7) is 9.75. The van der Waals surface area contributed by atoms with Crippen LogP contribution in [-0.2, 0) is 0 Å². The van der Waals surface area contributed by atoms with Crippen LogP contribution in [-0.4, -0.2) is 27.1 Å². The topological polar surface area (TPSA) is 76.0 Å². The Hall–Kier alpha value is -2.63. The summed E-state index contributed by atoms with van der Waals surface area (Å²) in [6, 6.07) is 8.49. The van der Waals surface area contributed by atoms with Gasteiger partial charge in [0.2, 0.25) is 0 Å². The first-order valence-electron chi connectivity index (χ1n) is 7.95. The first-order valence-corrected chi connectivity index (χ1v) is 7.95. The van der Waals surface area contributed by atoms with E-state index in [9.17, 15) is 9.59 Å². The Balaban J connectivity index is 2.09. The second-order valence-electron chi connectivity index (χ2n) is 6.99. The van der Waals surface area contributed by atoms with Crippen LogP contribution in [0.4, 0.5) is 5.82 Å². The highest BCUT2D eigenvalue weighted by Gasteiger charge is 2.16. The summed E-state index contributed by atoms with van der Waals surface area (Å²) in [6.07, 6.45) is 1.65. The number of hydrogen-bond acceptors (Lipinski definition) is 3. The molecule has 0 fully saturated rings. The van der Waals surface area contributed by atoms with E-state index in [4.69, 9.17) is 0 Å². The van der Waals surface area contributed by atoms with Gasteiger partial charge in [-0.15, -0.1) is 0 Å². The number of benzene rings is 1. The highest BCUT2D eigenvalue weighted by atomic mass is 16.2. The van der Waals surface area contributed by atoms with E-state index in [2.05, 4.69) is 15.7 Å². The fraction of sp³-hybridized carbons (Fsp3) is 0.389. The fourth-order valence-corrected chi connectivity index (χ4v) is 2.20. The number of nitrogens with one attached hydrogen (secondary N) is 2. The lowest BCUT2D eigenvalue weighted by Crippen LogP contribution is -2.40. The number of amides is 2. The third-order valence-corrected chi connectivity index (χ3v) is 3.30. The quantitative estimate of drug-likeness (QED) is 0.904. The van der Waals surface area contributed by atoms with Crippen LogP contribution in [0.1, 0.15) is 61.4 Å². The second kappa shape index (κ2) is 6.86. The molecule has 0 saturated heterocycles. The molecule has 0 spiro atoms. The minimum Gasteiger partial charge on any atom is -0.347 e. The summed E-state index contributed by atoms with van der Waals surface area (Å²) in [7, 11) is 0. The minimum absolute atomic E-state index is 0.152. The van der Waals surface area contributed by atoms with Gasteiger partial charge in [0.15, 0.2) is 0 Å². The molecule has 0 aliphatic rings. The zero-order valence-electron chi connectivity index (χ0n) is 14.8. The van der Waals surface area contributed by atoms with Crippen molar-refractivity contribution in [3.63, 3.8) is 0 Å². The van der Waals surface area contributed by atoms with Gasteiger partial charge in [0, 0.05) is 28.8 Å². The van der Waals surface area contributed by atoms with Crippen molar-refractivity contribution in [2.24, 2.45) is 0 Å². The number of anilines is 1. The smallest absolute Gasteiger partial charge is 0.256 e. The molecule has 2 aromatic rings. The monoisotopic (exact) mass is 328 g/mol. The van der Waals surface area contributed by atoms with Crippen molar-refractivity contribution in [1.29, 1.82) is 0 Å². The Morgan fingerprint density at radius 2 is 1.54 bits per heavy atom. The van der Waals surface area contributed by atoms with Crippen LogP contribution in [0.15, 0.2) is 36.5 Å². The normalized spacial score (nSPS) is 11.4. The van der Waals surface area contributed by atoms with Gasteiger partial charge in [-0.05, 0) is 58.9 Å². The molecule has 0 aliphatic carbocycles. The third-order valence-electron chi connectivity index (χ3n) is 3.30. The Kier molecular flexibility index (Phi) is 5.07. The van der Waals surface area contributed by atoms with Gasteiger partial charge in [-0.3, -0.25) is 9.59 Å². The second-order valence-corrected chi connectivity index (χ2v) is 6.99. The van der Waals surface area contributed by atoms with Gasteiger partial charge in [-0.2, -0.15) is 5.10 Å². The van der Waals surface area contributed by atoms with Crippen LogP contribution < -0.4 is 10.6 Å². The summed E-state index contributed by atoms with van der Waals surface area (Å²) < 4.78 is 1.74. The first-order chi connectivity index (χ1) is 11.2. The zero-order valence-corrected chi connectivity index (χ0v) is 14.8. The predicted molar refractivity (Wildman–Crippen MR) is 94.2 cm³/mol. The van der Waals surface area contributed by atoms with E-state index in [1.807, 2.05) is 34.6 Å². The number of carbonyl (C=O) groups is 2. The highest BCUT2D eigenvalue weighted by Crippen LogP contribution is 2.15. The molecule has 0 unspecified atom stereocenters. The molecule has 2 N–H and O–H groups in total.